The predicted molar refractivity (Wildman–Crippen MR) is 69.8 cm³/mol. The zero-order chi connectivity index (χ0) is 7.82. The molecule has 0 radical (unpaired) electrons. The predicted octanol–water partition coefficient (Wildman–Crippen LogP) is 4.89. The van der Waals surface area contributed by atoms with Gasteiger partial charge in [0.15, 0.2) is 0 Å². The fourth-order valence-corrected chi connectivity index (χ4v) is 9.20. The van der Waals surface area contributed by atoms with Crippen molar-refractivity contribution >= 4 is 78.2 Å². The zero-order valence-electron chi connectivity index (χ0n) is 5.10. The smallest absolute Gasteiger partial charge is 0.0593 e. The molecule has 0 aromatic rings. The third kappa shape index (κ3) is 8.29. The van der Waals surface area contributed by atoms with E-state index in [1.165, 1.54) is 9.83 Å². The van der Waals surface area contributed by atoms with Crippen molar-refractivity contribution in [2.24, 2.45) is 0 Å². The number of hydrogen-bond donors (Lipinski definition) is 1. The summed E-state index contributed by atoms with van der Waals surface area (Å²) in [4.78, 5) is 0. The summed E-state index contributed by atoms with van der Waals surface area (Å²) in [5.41, 5.74) is 0. The fraction of sp³-hybridized carbons (Fsp3) is 0.667. The van der Waals surface area contributed by atoms with E-state index in [9.17, 15) is 0 Å². The molecule has 0 aliphatic rings. The van der Waals surface area contributed by atoms with Crippen LogP contribution in [0.15, 0.2) is 0 Å². The molecule has 10 heavy (non-hydrogen) atoms. The first-order valence-corrected chi connectivity index (χ1v) is 9.93. The molecule has 0 unspecified atom stereocenters. The van der Waals surface area contributed by atoms with Gasteiger partial charge in [0.25, 0.3) is 0 Å². The van der Waals surface area contributed by atoms with E-state index in [1.54, 1.807) is 40.3 Å². The van der Waals surface area contributed by atoms with Gasteiger partial charge in [-0.05, 0) is 56.5 Å². The van der Waals surface area contributed by atoms with Crippen LogP contribution in [0.5, 0.6) is 0 Å². The molecular formula is C3H6S7. The Bertz CT molecular complexity index is 90.9. The molecular weight excluding hydrogens is 261 g/mol. The quantitative estimate of drug-likeness (QED) is 0.323. The maximum Gasteiger partial charge on any atom is 0.0593 e. The van der Waals surface area contributed by atoms with Gasteiger partial charge in [-0.3, -0.25) is 0 Å². The Hall–Kier alpha value is 2.19. The summed E-state index contributed by atoms with van der Waals surface area (Å²) in [6.45, 7) is 2.07. The van der Waals surface area contributed by atoms with Crippen LogP contribution in [0.3, 0.4) is 0 Å². The molecule has 0 N–H and O–H groups in total. The lowest BCUT2D eigenvalue weighted by molar-refractivity contribution is 1.35. The Morgan fingerprint density at radius 2 is 2.10 bits per heavy atom. The van der Waals surface area contributed by atoms with E-state index in [2.05, 4.69) is 18.6 Å². The average molecular weight is 267 g/mol. The molecule has 0 saturated carbocycles. The normalized spacial score (nSPS) is 9.80. The van der Waals surface area contributed by atoms with Gasteiger partial charge < -0.3 is 0 Å². The minimum absolute atomic E-state index is 0.978. The number of thiocarbonyl (C=S) groups is 1. The van der Waals surface area contributed by atoms with Crippen molar-refractivity contribution in [3.05, 3.63) is 0 Å². The van der Waals surface area contributed by atoms with Crippen molar-refractivity contribution in [3.63, 3.8) is 0 Å². The Morgan fingerprint density at radius 3 is 2.60 bits per heavy atom. The topological polar surface area (TPSA) is 0 Å². The number of rotatable bonds is 5. The van der Waals surface area contributed by atoms with Crippen molar-refractivity contribution in [2.45, 2.75) is 13.3 Å². The lowest BCUT2D eigenvalue weighted by atomic mass is 10.6. The van der Waals surface area contributed by atoms with Crippen LogP contribution in [0.25, 0.3) is 0 Å². The molecule has 0 bridgehead atoms. The molecule has 0 fully saturated rings. The van der Waals surface area contributed by atoms with Crippen molar-refractivity contribution in [1.82, 2.24) is 0 Å². The standard InChI is InChI=1S/C3H6S7/c1-2-3(4)6-8-10-9-7-5/h5H,2H2,1H3. The molecule has 0 aromatic carbocycles. The lowest BCUT2D eigenvalue weighted by Crippen LogP contribution is -1.75. The molecule has 0 nitrogen and oxygen atoms in total. The van der Waals surface area contributed by atoms with Gasteiger partial charge in [0.2, 0.25) is 0 Å². The van der Waals surface area contributed by atoms with Crippen LogP contribution in [-0.4, -0.2) is 4.20 Å². The van der Waals surface area contributed by atoms with E-state index in [0.717, 1.165) is 10.6 Å². The minimum Gasteiger partial charge on any atom is -0.0988 e. The third-order valence-electron chi connectivity index (χ3n) is 0.502. The van der Waals surface area contributed by atoms with Gasteiger partial charge >= 0.3 is 0 Å². The summed E-state index contributed by atoms with van der Waals surface area (Å²) < 4.78 is 1.06. The van der Waals surface area contributed by atoms with E-state index in [1.807, 2.05) is 0 Å². The second-order valence-electron chi connectivity index (χ2n) is 1.09. The van der Waals surface area contributed by atoms with Crippen LogP contribution in [0.4, 0.5) is 0 Å². The van der Waals surface area contributed by atoms with E-state index >= 15 is 0 Å². The SMILES string of the molecule is CCC(=S)SSSSSS. The van der Waals surface area contributed by atoms with Crippen LogP contribution in [0, 0.1) is 0 Å². The molecule has 0 aromatic heterocycles. The third-order valence-corrected chi connectivity index (χ3v) is 10.2. The molecule has 0 saturated heterocycles. The summed E-state index contributed by atoms with van der Waals surface area (Å²) in [6.07, 6.45) is 0.978. The van der Waals surface area contributed by atoms with Crippen LogP contribution < -0.4 is 0 Å². The second kappa shape index (κ2) is 9.28. The van der Waals surface area contributed by atoms with Gasteiger partial charge in [-0.1, -0.05) is 30.8 Å². The highest BCUT2D eigenvalue weighted by atomic mass is 33.9. The Balaban J connectivity index is 2.96. The summed E-state index contributed by atoms with van der Waals surface area (Å²) in [7, 11) is 8.15. The second-order valence-corrected chi connectivity index (χ2v) is 10.2. The summed E-state index contributed by atoms with van der Waals surface area (Å²) >= 11 is 8.97. The van der Waals surface area contributed by atoms with E-state index < -0.39 is 0 Å². The van der Waals surface area contributed by atoms with E-state index in [-0.39, 0.29) is 0 Å². The first-order valence-electron chi connectivity index (χ1n) is 2.32. The maximum atomic E-state index is 5.00. The first-order chi connectivity index (χ1) is 4.81. The molecule has 7 heteroatoms. The minimum atomic E-state index is 0.978. The molecule has 0 spiro atoms. The van der Waals surface area contributed by atoms with Crippen molar-refractivity contribution in [3.8, 4) is 0 Å². The van der Waals surface area contributed by atoms with Crippen molar-refractivity contribution in [2.75, 3.05) is 0 Å². The van der Waals surface area contributed by atoms with Gasteiger partial charge in [-0.15, -0.1) is 0 Å². The molecule has 0 amide bonds. The molecule has 0 atom stereocenters. The van der Waals surface area contributed by atoms with Crippen LogP contribution in [-0.2, 0) is 0 Å². The van der Waals surface area contributed by atoms with Crippen LogP contribution in [0.2, 0.25) is 0 Å². The van der Waals surface area contributed by atoms with Gasteiger partial charge in [0, 0.05) is 0 Å². The number of hydrogen-bond acceptors (Lipinski definition) is 7. The van der Waals surface area contributed by atoms with Gasteiger partial charge in [0.1, 0.15) is 0 Å². The summed E-state index contributed by atoms with van der Waals surface area (Å²) in [6, 6.07) is 0. The van der Waals surface area contributed by atoms with Gasteiger partial charge in [-0.2, -0.15) is 0 Å². The van der Waals surface area contributed by atoms with Crippen LogP contribution in [0.1, 0.15) is 13.3 Å². The molecule has 0 rings (SSSR count). The van der Waals surface area contributed by atoms with Crippen molar-refractivity contribution in [1.29, 1.82) is 0 Å². The highest BCUT2D eigenvalue weighted by Crippen LogP contribution is 2.50. The Kier molecular flexibility index (Phi) is 11.3. The first kappa shape index (κ1) is 12.2. The molecule has 60 valence electrons. The van der Waals surface area contributed by atoms with E-state index in [0.29, 0.717) is 0 Å². The number of thiol groups is 1. The molecule has 0 aliphatic carbocycles. The van der Waals surface area contributed by atoms with Crippen molar-refractivity contribution < 1.29 is 0 Å². The van der Waals surface area contributed by atoms with Gasteiger partial charge in [-0.25, -0.2) is 0 Å². The monoisotopic (exact) mass is 266 g/mol. The fourth-order valence-electron chi connectivity index (χ4n) is 0.135. The molecule has 0 heterocycles. The highest BCUT2D eigenvalue weighted by molar-refractivity contribution is 9.41. The summed E-state index contributed by atoms with van der Waals surface area (Å²) in [5, 5.41) is 0. The van der Waals surface area contributed by atoms with Crippen LogP contribution >= 0.6 is 74.0 Å². The highest BCUT2D eigenvalue weighted by Gasteiger charge is 1.95. The summed E-state index contributed by atoms with van der Waals surface area (Å²) in [5.74, 6) is 0. The Morgan fingerprint density at radius 1 is 1.40 bits per heavy atom. The van der Waals surface area contributed by atoms with E-state index in [4.69, 9.17) is 12.2 Å². The Labute approximate surface area is 90.6 Å². The molecule has 0 aliphatic heterocycles. The van der Waals surface area contributed by atoms with Gasteiger partial charge in [0.05, 0.1) is 4.20 Å². The maximum absolute atomic E-state index is 5.00. The average Bonchev–Trinajstić information content (AvgIpc) is 1.98. The zero-order valence-corrected chi connectivity index (χ0v) is 10.9. The lowest BCUT2D eigenvalue weighted by Gasteiger charge is -1.95. The largest absolute Gasteiger partial charge is 0.0988 e.